The van der Waals surface area contributed by atoms with Gasteiger partial charge < -0.3 is 51.8 Å². The Labute approximate surface area is 530 Å². The molecule has 10 atom stereocenters. The van der Waals surface area contributed by atoms with E-state index in [9.17, 15) is 0 Å². The summed E-state index contributed by atoms with van der Waals surface area (Å²) in [5, 5.41) is 2.24. The lowest BCUT2D eigenvalue weighted by atomic mass is 9.94. The standard InChI is InChI=1S/C45H52O6Si.C29H33IO5/c1-34-42(47-30-35-18-10-6-11-19-35)44(49-31-36-20-12-7-13-21-36)43(48-32-37-26-28-38(46-5)29-27-37)41(51-34)33-50-52(45(2,3)4,39-22-14-8-15-23-39)40-24-16-9-17-25-40;1-21-27(32-18-22-9-5-3-6-10-22)29(34-19-23-11-7-4-8-12-23)28(26(17-30)35-21)33-20-24-13-15-25(31-2)16-14-24/h6-29,34,41-44H,30-33H2,1-5H3;3-16,21,26-29H,17-20H2,1-2H3/t34-,41+,42-,43+,44+;21-,26+,27-,28+,29+/m00/s1. The van der Waals surface area contributed by atoms with Crippen molar-refractivity contribution in [3.63, 3.8) is 0 Å². The van der Waals surface area contributed by atoms with E-state index in [1.807, 2.05) is 121 Å². The summed E-state index contributed by atoms with van der Waals surface area (Å²) in [7, 11) is 0.468. The molecule has 10 rings (SSSR count). The summed E-state index contributed by atoms with van der Waals surface area (Å²) in [6, 6.07) is 78.2. The van der Waals surface area contributed by atoms with Crippen LogP contribution < -0.4 is 19.8 Å². The van der Waals surface area contributed by atoms with E-state index in [1.54, 1.807) is 14.2 Å². The summed E-state index contributed by atoms with van der Waals surface area (Å²) < 4.78 is 72.3. The molecule has 458 valence electrons. The molecule has 0 unspecified atom stereocenters. The average Bonchev–Trinajstić information content (AvgIpc) is 1.41. The predicted octanol–water partition coefficient (Wildman–Crippen LogP) is 14.1. The van der Waals surface area contributed by atoms with Gasteiger partial charge in [0, 0.05) is 4.43 Å². The Morgan fingerprint density at radius 1 is 0.356 bits per heavy atom. The zero-order valence-electron chi connectivity index (χ0n) is 51.2. The molecule has 0 spiro atoms. The van der Waals surface area contributed by atoms with E-state index in [4.69, 9.17) is 51.8 Å². The highest BCUT2D eigenvalue weighted by Crippen LogP contribution is 2.39. The molecule has 0 aliphatic carbocycles. The Morgan fingerprint density at radius 3 is 0.943 bits per heavy atom. The smallest absolute Gasteiger partial charge is 0.261 e. The zero-order valence-corrected chi connectivity index (χ0v) is 54.4. The molecule has 13 heteroatoms. The maximum atomic E-state index is 7.46. The number of rotatable bonds is 26. The van der Waals surface area contributed by atoms with Crippen molar-refractivity contribution >= 4 is 41.3 Å². The molecule has 11 nitrogen and oxygen atoms in total. The summed E-state index contributed by atoms with van der Waals surface area (Å²) in [6.07, 6.45) is -3.10. The van der Waals surface area contributed by atoms with Gasteiger partial charge in [-0.1, -0.05) is 250 Å². The van der Waals surface area contributed by atoms with E-state index >= 15 is 0 Å². The first-order chi connectivity index (χ1) is 42.5. The lowest BCUT2D eigenvalue weighted by Crippen LogP contribution is -2.68. The molecule has 0 N–H and O–H groups in total. The Kier molecular flexibility index (Phi) is 24.8. The molecule has 2 aliphatic rings. The van der Waals surface area contributed by atoms with E-state index in [0.29, 0.717) is 46.2 Å². The summed E-state index contributed by atoms with van der Waals surface area (Å²) in [5.74, 6) is 1.63. The molecule has 0 bridgehead atoms. The van der Waals surface area contributed by atoms with Crippen molar-refractivity contribution in [3.8, 4) is 11.5 Å². The van der Waals surface area contributed by atoms with Gasteiger partial charge >= 0.3 is 0 Å². The van der Waals surface area contributed by atoms with Crippen LogP contribution in [-0.2, 0) is 82.0 Å². The van der Waals surface area contributed by atoms with E-state index in [1.165, 1.54) is 10.4 Å². The molecule has 0 amide bonds. The fourth-order valence-corrected chi connectivity index (χ4v) is 16.8. The normalized spacial score (nSPS) is 22.2. The first-order valence-electron chi connectivity index (χ1n) is 30.2. The fourth-order valence-electron chi connectivity index (χ4n) is 11.6. The molecule has 0 aromatic heterocycles. The van der Waals surface area contributed by atoms with E-state index in [-0.39, 0.29) is 41.7 Å². The minimum atomic E-state index is -2.87. The molecule has 0 saturated carbocycles. The van der Waals surface area contributed by atoms with E-state index < -0.39 is 32.7 Å². The van der Waals surface area contributed by atoms with Crippen LogP contribution in [0.1, 0.15) is 68.0 Å². The summed E-state index contributed by atoms with van der Waals surface area (Å²) in [4.78, 5) is 0. The average molecular weight is 1310 g/mol. The van der Waals surface area contributed by atoms with Crippen LogP contribution in [0, 0.1) is 0 Å². The van der Waals surface area contributed by atoms with Crippen LogP contribution in [0.15, 0.2) is 231 Å². The zero-order chi connectivity index (χ0) is 60.9. The van der Waals surface area contributed by atoms with Crippen molar-refractivity contribution in [1.82, 2.24) is 0 Å². The van der Waals surface area contributed by atoms with Gasteiger partial charge in [-0.05, 0) is 86.9 Å². The van der Waals surface area contributed by atoms with Gasteiger partial charge in [-0.3, -0.25) is 0 Å². The lowest BCUT2D eigenvalue weighted by molar-refractivity contribution is -0.265. The van der Waals surface area contributed by atoms with Gasteiger partial charge in [0.2, 0.25) is 0 Å². The Hall–Kier alpha value is -6.05. The van der Waals surface area contributed by atoms with Crippen LogP contribution in [0.25, 0.3) is 0 Å². The van der Waals surface area contributed by atoms with Gasteiger partial charge in [-0.25, -0.2) is 0 Å². The SMILES string of the molecule is COc1ccc(CO[C@H]2[C@H](OCc3ccccc3)[C@@H](OCc3ccccc3)[C@H](C)O[C@@H]2CI)cc1.COc1ccc(CO[C@H]2[C@H](OCc3ccccc3)[C@@H](OCc3ccccc3)[C@H](C)O[C@@H]2CO[Si](c2ccccc2)(c2ccccc2)C(C)(C)C)cc1. The van der Waals surface area contributed by atoms with Gasteiger partial charge in [0.05, 0.1) is 78.8 Å². The number of ether oxygens (including phenoxy) is 10. The Morgan fingerprint density at radius 2 is 0.632 bits per heavy atom. The number of alkyl halides is 1. The van der Waals surface area contributed by atoms with Crippen LogP contribution in [-0.4, -0.2) is 94.6 Å². The number of halogens is 1. The Balaban J connectivity index is 0.000000224. The number of hydrogen-bond donors (Lipinski definition) is 0. The van der Waals surface area contributed by atoms with Crippen LogP contribution in [0.4, 0.5) is 0 Å². The molecule has 87 heavy (non-hydrogen) atoms. The lowest BCUT2D eigenvalue weighted by Gasteiger charge is -2.48. The highest BCUT2D eigenvalue weighted by molar-refractivity contribution is 14.1. The van der Waals surface area contributed by atoms with Crippen LogP contribution >= 0.6 is 22.6 Å². The molecule has 2 saturated heterocycles. The van der Waals surface area contributed by atoms with E-state index in [2.05, 4.69) is 166 Å². The topological polar surface area (TPSA) is 102 Å². The number of benzene rings is 8. The summed E-state index contributed by atoms with van der Waals surface area (Å²) in [5.41, 5.74) is 6.50. The van der Waals surface area contributed by atoms with Crippen molar-refractivity contribution in [2.24, 2.45) is 0 Å². The van der Waals surface area contributed by atoms with Gasteiger partial charge in [-0.2, -0.15) is 0 Å². The van der Waals surface area contributed by atoms with Crippen LogP contribution in [0.3, 0.4) is 0 Å². The van der Waals surface area contributed by atoms with Gasteiger partial charge in [-0.15, -0.1) is 0 Å². The molecular weight excluding hydrogens is 1220 g/mol. The second-order valence-electron chi connectivity index (χ2n) is 23.2. The molecule has 2 heterocycles. The maximum Gasteiger partial charge on any atom is 0.261 e. The Bertz CT molecular complexity index is 3140. The van der Waals surface area contributed by atoms with Crippen molar-refractivity contribution in [2.45, 2.75) is 140 Å². The molecule has 8 aromatic rings. The van der Waals surface area contributed by atoms with Crippen LogP contribution in [0.5, 0.6) is 11.5 Å². The second-order valence-corrected chi connectivity index (χ2v) is 28.4. The quantitative estimate of drug-likeness (QED) is 0.0294. The fraction of sp³-hybridized carbons (Fsp3) is 0.351. The molecule has 0 radical (unpaired) electrons. The molecule has 2 fully saturated rings. The van der Waals surface area contributed by atoms with Crippen molar-refractivity contribution in [1.29, 1.82) is 0 Å². The van der Waals surface area contributed by atoms with Gasteiger partial charge in [0.15, 0.2) is 0 Å². The van der Waals surface area contributed by atoms with E-state index in [0.717, 1.165) is 49.3 Å². The maximum absolute atomic E-state index is 7.46. The molecular formula is C74H85IO11Si. The molecule has 8 aromatic carbocycles. The van der Waals surface area contributed by atoms with Gasteiger partial charge in [0.1, 0.15) is 54.2 Å². The highest BCUT2D eigenvalue weighted by atomic mass is 127. The van der Waals surface area contributed by atoms with Crippen molar-refractivity contribution in [2.75, 3.05) is 25.3 Å². The monoisotopic (exact) mass is 1300 g/mol. The minimum absolute atomic E-state index is 0.0961. The van der Waals surface area contributed by atoms with Crippen molar-refractivity contribution in [3.05, 3.63) is 264 Å². The largest absolute Gasteiger partial charge is 0.497 e. The van der Waals surface area contributed by atoms with Crippen molar-refractivity contribution < 1.29 is 51.8 Å². The highest BCUT2D eigenvalue weighted by Gasteiger charge is 2.53. The second kappa shape index (κ2) is 33.0. The summed E-state index contributed by atoms with van der Waals surface area (Å²) in [6.45, 7) is 14.0. The third-order valence-corrected chi connectivity index (χ3v) is 22.0. The first kappa shape index (κ1) is 65.4. The minimum Gasteiger partial charge on any atom is -0.497 e. The van der Waals surface area contributed by atoms with Crippen LogP contribution in [0.2, 0.25) is 5.04 Å². The third kappa shape index (κ3) is 17.9. The predicted molar refractivity (Wildman–Crippen MR) is 354 cm³/mol. The number of methoxy groups -OCH3 is 2. The van der Waals surface area contributed by atoms with Gasteiger partial charge in [0.25, 0.3) is 8.32 Å². The number of hydrogen-bond acceptors (Lipinski definition) is 11. The first-order valence-corrected chi connectivity index (χ1v) is 33.6. The molecule has 2 aliphatic heterocycles. The third-order valence-electron chi connectivity index (χ3n) is 16.1. The summed E-state index contributed by atoms with van der Waals surface area (Å²) >= 11 is 2.37.